The predicted octanol–water partition coefficient (Wildman–Crippen LogP) is 2.48. The van der Waals surface area contributed by atoms with Crippen LogP contribution in [0.1, 0.15) is 32.4 Å². The van der Waals surface area contributed by atoms with Gasteiger partial charge < -0.3 is 14.5 Å². The molecule has 0 atom stereocenters. The minimum absolute atomic E-state index is 0.0495. The molecule has 0 aliphatic heterocycles. The summed E-state index contributed by atoms with van der Waals surface area (Å²) in [4.78, 5) is 15.8. The summed E-state index contributed by atoms with van der Waals surface area (Å²) < 4.78 is 3.89. The van der Waals surface area contributed by atoms with E-state index in [2.05, 4.69) is 28.7 Å². The molecule has 2 aromatic rings. The number of aromatic nitrogens is 3. The van der Waals surface area contributed by atoms with Gasteiger partial charge in [-0.3, -0.25) is 4.79 Å². The van der Waals surface area contributed by atoms with Crippen LogP contribution in [0.15, 0.2) is 35.6 Å². The highest BCUT2D eigenvalue weighted by Gasteiger charge is 2.02. The SMILES string of the molecule is CCCn1cncc1CNc1ccc(=O)n(CCC)c1. The van der Waals surface area contributed by atoms with Crippen molar-refractivity contribution in [3.63, 3.8) is 0 Å². The molecule has 0 aromatic carbocycles. The van der Waals surface area contributed by atoms with Crippen molar-refractivity contribution >= 4 is 5.69 Å². The first kappa shape index (κ1) is 14.4. The lowest BCUT2D eigenvalue weighted by Crippen LogP contribution is -2.19. The zero-order chi connectivity index (χ0) is 14.4. The number of hydrogen-bond donors (Lipinski definition) is 1. The Morgan fingerprint density at radius 2 is 1.90 bits per heavy atom. The average molecular weight is 274 g/mol. The fourth-order valence-electron chi connectivity index (χ4n) is 2.18. The van der Waals surface area contributed by atoms with Gasteiger partial charge in [0.25, 0.3) is 5.56 Å². The molecule has 0 fully saturated rings. The molecule has 0 amide bonds. The van der Waals surface area contributed by atoms with Gasteiger partial charge in [-0.25, -0.2) is 4.98 Å². The molecule has 0 aliphatic carbocycles. The first-order valence-corrected chi connectivity index (χ1v) is 7.18. The summed E-state index contributed by atoms with van der Waals surface area (Å²) >= 11 is 0. The Labute approximate surface area is 119 Å². The molecule has 0 aliphatic rings. The van der Waals surface area contributed by atoms with E-state index in [1.165, 1.54) is 0 Å². The molecule has 2 heterocycles. The Kier molecular flexibility index (Phi) is 4.98. The number of hydrogen-bond acceptors (Lipinski definition) is 3. The predicted molar refractivity (Wildman–Crippen MR) is 80.8 cm³/mol. The monoisotopic (exact) mass is 274 g/mol. The van der Waals surface area contributed by atoms with E-state index in [4.69, 9.17) is 0 Å². The van der Waals surface area contributed by atoms with Gasteiger partial charge in [0, 0.05) is 31.5 Å². The van der Waals surface area contributed by atoms with Gasteiger partial charge in [0.15, 0.2) is 0 Å². The quantitative estimate of drug-likeness (QED) is 0.844. The van der Waals surface area contributed by atoms with E-state index in [-0.39, 0.29) is 5.56 Å². The molecule has 108 valence electrons. The van der Waals surface area contributed by atoms with Crippen LogP contribution in [0.4, 0.5) is 5.69 Å². The van der Waals surface area contributed by atoms with Crippen molar-refractivity contribution in [2.45, 2.75) is 46.3 Å². The number of anilines is 1. The van der Waals surface area contributed by atoms with Gasteiger partial charge in [-0.1, -0.05) is 13.8 Å². The second-order valence-corrected chi connectivity index (χ2v) is 4.88. The third-order valence-electron chi connectivity index (χ3n) is 3.18. The molecule has 0 radical (unpaired) electrons. The van der Waals surface area contributed by atoms with Crippen molar-refractivity contribution in [2.75, 3.05) is 5.32 Å². The van der Waals surface area contributed by atoms with Crippen LogP contribution in [0.5, 0.6) is 0 Å². The highest BCUT2D eigenvalue weighted by atomic mass is 16.1. The van der Waals surface area contributed by atoms with Gasteiger partial charge in [0.05, 0.1) is 24.3 Å². The van der Waals surface area contributed by atoms with E-state index >= 15 is 0 Å². The third kappa shape index (κ3) is 3.50. The molecule has 20 heavy (non-hydrogen) atoms. The van der Waals surface area contributed by atoms with Gasteiger partial charge in [-0.2, -0.15) is 0 Å². The molecule has 2 aromatic heterocycles. The molecule has 0 spiro atoms. The highest BCUT2D eigenvalue weighted by molar-refractivity contribution is 5.40. The third-order valence-corrected chi connectivity index (χ3v) is 3.18. The van der Waals surface area contributed by atoms with Crippen LogP contribution in [-0.4, -0.2) is 14.1 Å². The van der Waals surface area contributed by atoms with Crippen LogP contribution in [0.3, 0.4) is 0 Å². The Balaban J connectivity index is 2.05. The number of nitrogens with zero attached hydrogens (tertiary/aromatic N) is 3. The lowest BCUT2D eigenvalue weighted by atomic mass is 10.3. The fourth-order valence-corrected chi connectivity index (χ4v) is 2.18. The molecule has 5 heteroatoms. The molecule has 2 rings (SSSR count). The van der Waals surface area contributed by atoms with Crippen LogP contribution in [0.25, 0.3) is 0 Å². The van der Waals surface area contributed by atoms with Gasteiger partial charge in [-0.05, 0) is 18.9 Å². The largest absolute Gasteiger partial charge is 0.378 e. The smallest absolute Gasteiger partial charge is 0.250 e. The summed E-state index contributed by atoms with van der Waals surface area (Å²) in [7, 11) is 0. The zero-order valence-electron chi connectivity index (χ0n) is 12.2. The molecule has 0 saturated carbocycles. The van der Waals surface area contributed by atoms with Crippen LogP contribution >= 0.6 is 0 Å². The molecule has 0 saturated heterocycles. The lowest BCUT2D eigenvalue weighted by molar-refractivity contribution is 0.647. The summed E-state index contributed by atoms with van der Waals surface area (Å²) in [5.41, 5.74) is 2.16. The first-order valence-electron chi connectivity index (χ1n) is 7.18. The molecule has 1 N–H and O–H groups in total. The molecule has 0 unspecified atom stereocenters. The Bertz CT molecular complexity index is 600. The number of pyridine rings is 1. The van der Waals surface area contributed by atoms with E-state index in [1.54, 1.807) is 10.6 Å². The topological polar surface area (TPSA) is 51.9 Å². The van der Waals surface area contributed by atoms with Crippen LogP contribution in [-0.2, 0) is 19.6 Å². The van der Waals surface area contributed by atoms with E-state index in [0.717, 1.165) is 37.3 Å². The Morgan fingerprint density at radius 1 is 1.15 bits per heavy atom. The zero-order valence-corrected chi connectivity index (χ0v) is 12.2. The fraction of sp³-hybridized carbons (Fsp3) is 0.467. The maximum absolute atomic E-state index is 11.7. The van der Waals surface area contributed by atoms with Crippen molar-refractivity contribution in [1.82, 2.24) is 14.1 Å². The van der Waals surface area contributed by atoms with Crippen molar-refractivity contribution in [2.24, 2.45) is 0 Å². The maximum Gasteiger partial charge on any atom is 0.250 e. The summed E-state index contributed by atoms with van der Waals surface area (Å²) in [5, 5.41) is 3.35. The molecular formula is C15H22N4O. The van der Waals surface area contributed by atoms with Crippen molar-refractivity contribution in [3.8, 4) is 0 Å². The van der Waals surface area contributed by atoms with Crippen LogP contribution < -0.4 is 10.9 Å². The van der Waals surface area contributed by atoms with Crippen molar-refractivity contribution in [3.05, 3.63) is 46.9 Å². The number of rotatable bonds is 7. The molecule has 0 bridgehead atoms. The minimum Gasteiger partial charge on any atom is -0.378 e. The summed E-state index contributed by atoms with van der Waals surface area (Å²) in [6, 6.07) is 3.44. The van der Waals surface area contributed by atoms with E-state index < -0.39 is 0 Å². The Morgan fingerprint density at radius 3 is 2.65 bits per heavy atom. The van der Waals surface area contributed by atoms with E-state index in [0.29, 0.717) is 6.54 Å². The number of nitrogens with one attached hydrogen (secondary N) is 1. The Hall–Kier alpha value is -2.04. The molecular weight excluding hydrogens is 252 g/mol. The second-order valence-electron chi connectivity index (χ2n) is 4.88. The van der Waals surface area contributed by atoms with Gasteiger partial charge in [-0.15, -0.1) is 0 Å². The lowest BCUT2D eigenvalue weighted by Gasteiger charge is -2.11. The van der Waals surface area contributed by atoms with E-state index in [9.17, 15) is 4.79 Å². The maximum atomic E-state index is 11.7. The highest BCUT2D eigenvalue weighted by Crippen LogP contribution is 2.08. The van der Waals surface area contributed by atoms with Gasteiger partial charge in [0.2, 0.25) is 0 Å². The summed E-state index contributed by atoms with van der Waals surface area (Å²) in [5.74, 6) is 0. The van der Waals surface area contributed by atoms with Crippen LogP contribution in [0.2, 0.25) is 0 Å². The molecule has 5 nitrogen and oxygen atoms in total. The van der Waals surface area contributed by atoms with E-state index in [1.807, 2.05) is 24.8 Å². The first-order chi connectivity index (χ1) is 9.74. The van der Waals surface area contributed by atoms with Crippen molar-refractivity contribution < 1.29 is 0 Å². The van der Waals surface area contributed by atoms with Gasteiger partial charge in [0.1, 0.15) is 0 Å². The summed E-state index contributed by atoms with van der Waals surface area (Å²) in [6.07, 6.45) is 7.66. The van der Waals surface area contributed by atoms with Crippen LogP contribution in [0, 0.1) is 0 Å². The average Bonchev–Trinajstić information content (AvgIpc) is 2.88. The van der Waals surface area contributed by atoms with Crippen molar-refractivity contribution in [1.29, 1.82) is 0 Å². The second kappa shape index (κ2) is 6.93. The normalized spacial score (nSPS) is 10.7. The minimum atomic E-state index is 0.0495. The summed E-state index contributed by atoms with van der Waals surface area (Å²) in [6.45, 7) is 6.66. The van der Waals surface area contributed by atoms with Gasteiger partial charge >= 0.3 is 0 Å². The standard InChI is InChI=1S/C15H22N4O/c1-3-7-18-11-13(5-6-15(18)20)17-10-14-9-16-12-19(14)8-4-2/h5-6,9,11-12,17H,3-4,7-8,10H2,1-2H3. The number of imidazole rings is 1. The number of aryl methyl sites for hydroxylation is 2.